The molecule has 0 spiro atoms. The maximum Gasteiger partial charge on any atom is 0.268 e. The molecule has 0 aliphatic carbocycles. The van der Waals surface area contributed by atoms with Crippen molar-refractivity contribution in [2.75, 3.05) is 40.9 Å². The number of allylic oxidation sites excluding steroid dienone is 11. The summed E-state index contributed by atoms with van der Waals surface area (Å²) in [6.07, 6.45) is 84.5. The van der Waals surface area contributed by atoms with E-state index >= 15 is 0 Å². The first-order valence-electron chi connectivity index (χ1n) is 33.8. The minimum Gasteiger partial charge on any atom is -0.756 e. The van der Waals surface area contributed by atoms with Gasteiger partial charge in [0.1, 0.15) is 13.2 Å². The molecule has 0 aliphatic heterocycles. The number of aliphatic hydroxyl groups is 1. The van der Waals surface area contributed by atoms with Crippen LogP contribution in [-0.4, -0.2) is 68.5 Å². The third-order valence-corrected chi connectivity index (χ3v) is 16.1. The van der Waals surface area contributed by atoms with Crippen molar-refractivity contribution in [3.63, 3.8) is 0 Å². The van der Waals surface area contributed by atoms with E-state index in [9.17, 15) is 19.4 Å². The number of rotatable bonds is 62. The first kappa shape index (κ1) is 76.9. The second-order valence-corrected chi connectivity index (χ2v) is 25.6. The number of hydrogen-bond donors (Lipinski definition) is 2. The maximum absolute atomic E-state index is 13.0. The Morgan fingerprint density at radius 3 is 1.18 bits per heavy atom. The Bertz CT molecular complexity index is 1520. The molecule has 0 aliphatic rings. The quantitative estimate of drug-likeness (QED) is 0.0272. The molecule has 0 aromatic heterocycles. The Kier molecular flexibility index (Phi) is 59.0. The van der Waals surface area contributed by atoms with Crippen LogP contribution in [0.3, 0.4) is 0 Å². The number of nitrogens with one attached hydrogen (secondary N) is 1. The van der Waals surface area contributed by atoms with Crippen LogP contribution in [-0.2, 0) is 18.4 Å². The number of aliphatic hydroxyl groups excluding tert-OH is 1. The molecule has 0 rings (SSSR count). The van der Waals surface area contributed by atoms with Crippen molar-refractivity contribution >= 4 is 13.7 Å². The van der Waals surface area contributed by atoms with E-state index in [1.54, 1.807) is 6.08 Å². The Morgan fingerprint density at radius 2 is 0.785 bits per heavy atom. The molecular formula is C70H131N2O6P. The SMILES string of the molecule is CC/C=C\C/C=C\C/C=C\C/C=C\CCCCCCCCCCCCCCCCCCCCC(=O)NC(COP(=O)([O-])OCC[N+](C)(C)C)C(O)/C=C/CC/C=C/CCCCCCCCCCCCCCCCCCCCCC. The van der Waals surface area contributed by atoms with E-state index < -0.39 is 26.6 Å². The van der Waals surface area contributed by atoms with Gasteiger partial charge < -0.3 is 28.8 Å². The normalized spacial score (nSPS) is 14.2. The average molecular weight is 1130 g/mol. The standard InChI is InChI=1S/C70H131N2O6P/c1-6-8-10-12-14-16-18-20-22-24-26-28-30-32-34-35-36-37-38-40-42-44-46-48-50-52-54-56-58-60-62-64-70(74)71-68(67-78-79(75,76)77-66-65-72(3,4)5)69(73)63-61-59-57-55-53-51-49-47-45-43-41-39-33-31-29-27-25-23-21-19-17-15-13-11-9-7-2/h8,10,14,16,20,22,26,28,53,55,61,63,68-69,73H,6-7,9,11-13,15,17-19,21,23-25,27,29-52,54,56-60,62,64-67H2,1-5H3,(H-,71,74,75,76)/b10-8-,16-14-,22-20-,28-26-,55-53+,63-61+. The molecular weight excluding hydrogens is 996 g/mol. The molecule has 2 N–H and O–H groups in total. The molecule has 0 saturated carbocycles. The number of nitrogens with zero attached hydrogens (tertiary/aromatic N) is 1. The van der Waals surface area contributed by atoms with E-state index in [1.165, 1.54) is 231 Å². The Labute approximate surface area is 491 Å². The van der Waals surface area contributed by atoms with Crippen LogP contribution in [0.15, 0.2) is 72.9 Å². The number of likely N-dealkylation sites (N-methyl/N-ethyl adjacent to an activating group) is 1. The second kappa shape index (κ2) is 60.5. The van der Waals surface area contributed by atoms with Gasteiger partial charge in [0.05, 0.1) is 39.9 Å². The topological polar surface area (TPSA) is 108 Å². The van der Waals surface area contributed by atoms with Gasteiger partial charge in [0.15, 0.2) is 0 Å². The predicted octanol–water partition coefficient (Wildman–Crippen LogP) is 20.8. The van der Waals surface area contributed by atoms with E-state index in [-0.39, 0.29) is 12.5 Å². The molecule has 0 heterocycles. The van der Waals surface area contributed by atoms with Gasteiger partial charge in [-0.3, -0.25) is 9.36 Å². The number of quaternary nitrogens is 1. The fourth-order valence-corrected chi connectivity index (χ4v) is 10.7. The van der Waals surface area contributed by atoms with Gasteiger partial charge in [-0.2, -0.15) is 0 Å². The number of hydrogen-bond acceptors (Lipinski definition) is 6. The Balaban J connectivity index is 4.11. The van der Waals surface area contributed by atoms with Gasteiger partial charge in [0.25, 0.3) is 7.82 Å². The van der Waals surface area contributed by atoms with Crippen LogP contribution in [0.2, 0.25) is 0 Å². The molecule has 1 amide bonds. The lowest BCUT2D eigenvalue weighted by Crippen LogP contribution is -2.45. The van der Waals surface area contributed by atoms with Crippen LogP contribution in [0, 0.1) is 0 Å². The number of phosphoric acid groups is 1. The number of carbonyl (C=O) groups excluding carboxylic acids is 1. The van der Waals surface area contributed by atoms with Crippen molar-refractivity contribution in [1.82, 2.24) is 5.32 Å². The zero-order valence-corrected chi connectivity index (χ0v) is 53.7. The minimum absolute atomic E-state index is 0.00697. The van der Waals surface area contributed by atoms with Crippen LogP contribution >= 0.6 is 7.82 Å². The number of amides is 1. The smallest absolute Gasteiger partial charge is 0.268 e. The fourth-order valence-electron chi connectivity index (χ4n) is 9.93. The monoisotopic (exact) mass is 1130 g/mol. The van der Waals surface area contributed by atoms with Gasteiger partial charge in [-0.15, -0.1) is 0 Å². The summed E-state index contributed by atoms with van der Waals surface area (Å²) in [4.78, 5) is 25.6. The number of phosphoric ester groups is 1. The summed E-state index contributed by atoms with van der Waals surface area (Å²) < 4.78 is 23.4. The molecule has 0 aromatic rings. The number of unbranched alkanes of at least 4 members (excludes halogenated alkanes) is 39. The highest BCUT2D eigenvalue weighted by molar-refractivity contribution is 7.45. The van der Waals surface area contributed by atoms with Crippen LogP contribution in [0.25, 0.3) is 0 Å². The summed E-state index contributed by atoms with van der Waals surface area (Å²) in [6, 6.07) is -0.907. The summed E-state index contributed by atoms with van der Waals surface area (Å²) in [6.45, 7) is 4.56. The van der Waals surface area contributed by atoms with Gasteiger partial charge >= 0.3 is 0 Å². The molecule has 9 heteroatoms. The third-order valence-electron chi connectivity index (χ3n) is 15.2. The molecule has 0 radical (unpaired) electrons. The lowest BCUT2D eigenvalue weighted by molar-refractivity contribution is -0.870. The zero-order chi connectivity index (χ0) is 57.7. The Morgan fingerprint density at radius 1 is 0.456 bits per heavy atom. The fraction of sp³-hybridized carbons (Fsp3) is 0.814. The number of carbonyl (C=O) groups is 1. The predicted molar refractivity (Wildman–Crippen MR) is 344 cm³/mol. The molecule has 0 fully saturated rings. The van der Waals surface area contributed by atoms with Crippen molar-refractivity contribution < 1.29 is 32.9 Å². The molecule has 462 valence electrons. The van der Waals surface area contributed by atoms with Gasteiger partial charge in [-0.1, -0.05) is 311 Å². The average Bonchev–Trinajstić information content (AvgIpc) is 3.42. The minimum atomic E-state index is -4.61. The van der Waals surface area contributed by atoms with Crippen molar-refractivity contribution in [2.24, 2.45) is 0 Å². The van der Waals surface area contributed by atoms with Gasteiger partial charge in [-0.25, -0.2) is 0 Å². The van der Waals surface area contributed by atoms with Crippen LogP contribution in [0.5, 0.6) is 0 Å². The van der Waals surface area contributed by atoms with Crippen molar-refractivity contribution in [3.05, 3.63) is 72.9 Å². The summed E-state index contributed by atoms with van der Waals surface area (Å²) >= 11 is 0. The van der Waals surface area contributed by atoms with E-state index in [4.69, 9.17) is 9.05 Å². The highest BCUT2D eigenvalue weighted by atomic mass is 31.2. The van der Waals surface area contributed by atoms with Crippen molar-refractivity contribution in [3.8, 4) is 0 Å². The van der Waals surface area contributed by atoms with E-state index in [2.05, 4.69) is 79.9 Å². The molecule has 3 atom stereocenters. The molecule has 3 unspecified atom stereocenters. The van der Waals surface area contributed by atoms with Gasteiger partial charge in [-0.05, 0) is 70.6 Å². The molecule has 79 heavy (non-hydrogen) atoms. The largest absolute Gasteiger partial charge is 0.756 e. The zero-order valence-electron chi connectivity index (χ0n) is 52.8. The van der Waals surface area contributed by atoms with E-state index in [0.717, 1.165) is 64.2 Å². The summed E-state index contributed by atoms with van der Waals surface area (Å²) in [7, 11) is 1.25. The summed E-state index contributed by atoms with van der Waals surface area (Å²) in [5, 5.41) is 13.9. The van der Waals surface area contributed by atoms with E-state index in [0.29, 0.717) is 17.4 Å². The van der Waals surface area contributed by atoms with Crippen molar-refractivity contribution in [2.45, 2.75) is 328 Å². The lowest BCUT2D eigenvalue weighted by Gasteiger charge is -2.29. The van der Waals surface area contributed by atoms with Crippen LogP contribution in [0.4, 0.5) is 0 Å². The maximum atomic E-state index is 13.0. The van der Waals surface area contributed by atoms with Crippen LogP contribution in [0.1, 0.15) is 316 Å². The molecule has 0 saturated heterocycles. The summed E-state index contributed by atoms with van der Waals surface area (Å²) in [5.41, 5.74) is 0. The molecule has 8 nitrogen and oxygen atoms in total. The van der Waals surface area contributed by atoms with Gasteiger partial charge in [0.2, 0.25) is 5.91 Å². The lowest BCUT2D eigenvalue weighted by atomic mass is 10.0. The molecule has 0 bridgehead atoms. The third kappa shape index (κ3) is 63.4. The highest BCUT2D eigenvalue weighted by Gasteiger charge is 2.23. The Hall–Kier alpha value is -2.06. The highest BCUT2D eigenvalue weighted by Crippen LogP contribution is 2.38. The van der Waals surface area contributed by atoms with Crippen molar-refractivity contribution in [1.29, 1.82) is 0 Å². The van der Waals surface area contributed by atoms with Gasteiger partial charge in [0, 0.05) is 6.42 Å². The first-order chi connectivity index (χ1) is 38.5. The molecule has 0 aromatic carbocycles. The first-order valence-corrected chi connectivity index (χ1v) is 35.3. The summed E-state index contributed by atoms with van der Waals surface area (Å²) in [5.74, 6) is -0.204. The van der Waals surface area contributed by atoms with E-state index in [1.807, 2.05) is 27.2 Å². The second-order valence-electron chi connectivity index (χ2n) is 24.1. The van der Waals surface area contributed by atoms with Crippen LogP contribution < -0.4 is 10.2 Å².